The third-order valence-electron chi connectivity index (χ3n) is 4.34. The molecule has 1 amide bonds. The van der Waals surface area contributed by atoms with Gasteiger partial charge in [0.25, 0.3) is 15.9 Å². The fraction of sp³-hybridized carbons (Fsp3) is 0.0952. The average molecular weight is 422 g/mol. The molecule has 8 nitrogen and oxygen atoms in total. The van der Waals surface area contributed by atoms with Crippen molar-refractivity contribution < 1.29 is 17.6 Å². The molecule has 9 heteroatoms. The van der Waals surface area contributed by atoms with Crippen LogP contribution in [-0.2, 0) is 10.0 Å². The van der Waals surface area contributed by atoms with Gasteiger partial charge in [-0.3, -0.25) is 14.5 Å². The number of amides is 1. The summed E-state index contributed by atoms with van der Waals surface area (Å²) < 4.78 is 33.7. The van der Waals surface area contributed by atoms with Crippen molar-refractivity contribution in [1.29, 1.82) is 0 Å². The summed E-state index contributed by atoms with van der Waals surface area (Å²) in [6.07, 6.45) is 1.64. The van der Waals surface area contributed by atoms with Crippen molar-refractivity contribution in [2.75, 3.05) is 18.8 Å². The van der Waals surface area contributed by atoms with Crippen LogP contribution in [0.15, 0.2) is 76.2 Å². The summed E-state index contributed by atoms with van der Waals surface area (Å²) >= 11 is 0. The smallest absolute Gasteiger partial charge is 0.261 e. The van der Waals surface area contributed by atoms with Gasteiger partial charge in [0.1, 0.15) is 11.2 Å². The zero-order valence-corrected chi connectivity index (χ0v) is 17.1. The summed E-state index contributed by atoms with van der Waals surface area (Å²) in [5.74, 6) is 0.151. The topological polar surface area (TPSA) is 105 Å². The number of oxazole rings is 1. The van der Waals surface area contributed by atoms with Crippen LogP contribution in [0.25, 0.3) is 22.7 Å². The van der Waals surface area contributed by atoms with E-state index >= 15 is 0 Å². The Balaban J connectivity index is 1.59. The second-order valence-corrected chi connectivity index (χ2v) is 8.43. The maximum Gasteiger partial charge on any atom is 0.261 e. The van der Waals surface area contributed by atoms with E-state index in [2.05, 4.69) is 14.7 Å². The molecule has 30 heavy (non-hydrogen) atoms. The Bertz CT molecular complexity index is 1310. The predicted octanol–water partition coefficient (Wildman–Crippen LogP) is 3.39. The van der Waals surface area contributed by atoms with Gasteiger partial charge >= 0.3 is 0 Å². The highest BCUT2D eigenvalue weighted by molar-refractivity contribution is 7.92. The molecule has 0 aliphatic heterocycles. The summed E-state index contributed by atoms with van der Waals surface area (Å²) in [6.45, 7) is 0. The molecule has 4 rings (SSSR count). The van der Waals surface area contributed by atoms with E-state index in [1.54, 1.807) is 50.6 Å². The molecule has 2 aromatic heterocycles. The Hall–Kier alpha value is -3.72. The molecule has 0 spiro atoms. The van der Waals surface area contributed by atoms with Gasteiger partial charge in [0.15, 0.2) is 5.58 Å². The molecule has 0 fully saturated rings. The van der Waals surface area contributed by atoms with Gasteiger partial charge in [-0.25, -0.2) is 13.4 Å². The number of hydrogen-bond donors (Lipinski definition) is 1. The van der Waals surface area contributed by atoms with E-state index in [0.717, 1.165) is 0 Å². The summed E-state index contributed by atoms with van der Waals surface area (Å²) in [5.41, 5.74) is 2.35. The van der Waals surface area contributed by atoms with Crippen LogP contribution in [0.3, 0.4) is 0 Å². The van der Waals surface area contributed by atoms with Crippen LogP contribution < -0.4 is 4.72 Å². The molecule has 0 unspecified atom stereocenters. The lowest BCUT2D eigenvalue weighted by molar-refractivity contribution is 0.0827. The van der Waals surface area contributed by atoms with Gasteiger partial charge in [-0.2, -0.15) is 0 Å². The number of sulfonamides is 1. The van der Waals surface area contributed by atoms with Crippen molar-refractivity contribution in [2.24, 2.45) is 0 Å². The third-order valence-corrected chi connectivity index (χ3v) is 5.74. The standard InChI is InChI=1S/C21H18N4O4S/c1-25(2)21(26)14-6-9-16(10-7-14)30(27,28)24-15-8-11-17-19(13-15)29-20(23-17)18-5-3-4-12-22-18/h3-13,24H,1-2H3. The molecule has 4 aromatic rings. The maximum atomic E-state index is 12.7. The largest absolute Gasteiger partial charge is 0.435 e. The summed E-state index contributed by atoms with van der Waals surface area (Å²) in [6, 6.07) is 16.0. The zero-order chi connectivity index (χ0) is 21.3. The summed E-state index contributed by atoms with van der Waals surface area (Å²) in [5, 5.41) is 0. The van der Waals surface area contributed by atoms with Gasteiger partial charge in [0, 0.05) is 31.9 Å². The molecule has 2 heterocycles. The average Bonchev–Trinajstić information content (AvgIpc) is 3.17. The van der Waals surface area contributed by atoms with Crippen LogP contribution >= 0.6 is 0 Å². The number of aromatic nitrogens is 2. The van der Waals surface area contributed by atoms with E-state index in [0.29, 0.717) is 33.9 Å². The number of pyridine rings is 1. The Morgan fingerprint density at radius 3 is 2.47 bits per heavy atom. The Morgan fingerprint density at radius 1 is 1.03 bits per heavy atom. The number of nitrogens with one attached hydrogen (secondary N) is 1. The first-order chi connectivity index (χ1) is 14.3. The normalized spacial score (nSPS) is 11.4. The first-order valence-electron chi connectivity index (χ1n) is 9.00. The lowest BCUT2D eigenvalue weighted by Gasteiger charge is -2.11. The summed E-state index contributed by atoms with van der Waals surface area (Å²) in [7, 11) is -0.575. The number of hydrogen-bond acceptors (Lipinski definition) is 6. The highest BCUT2D eigenvalue weighted by atomic mass is 32.2. The lowest BCUT2D eigenvalue weighted by Crippen LogP contribution is -2.21. The van der Waals surface area contributed by atoms with Crippen molar-refractivity contribution in [2.45, 2.75) is 4.90 Å². The second kappa shape index (κ2) is 7.60. The monoisotopic (exact) mass is 422 g/mol. The highest BCUT2D eigenvalue weighted by Gasteiger charge is 2.17. The van der Waals surface area contributed by atoms with Crippen molar-refractivity contribution in [3.05, 3.63) is 72.4 Å². The first kappa shape index (κ1) is 19.6. The molecular weight excluding hydrogens is 404 g/mol. The van der Waals surface area contributed by atoms with Gasteiger partial charge in [0.05, 0.1) is 10.6 Å². The van der Waals surface area contributed by atoms with Gasteiger partial charge in [-0.1, -0.05) is 6.07 Å². The predicted molar refractivity (Wildman–Crippen MR) is 113 cm³/mol. The number of fused-ring (bicyclic) bond motifs is 1. The van der Waals surface area contributed by atoms with Crippen molar-refractivity contribution in [1.82, 2.24) is 14.9 Å². The number of carbonyl (C=O) groups excluding carboxylic acids is 1. The number of carbonyl (C=O) groups is 1. The molecule has 0 atom stereocenters. The number of benzene rings is 2. The number of nitrogens with zero attached hydrogens (tertiary/aromatic N) is 3. The Morgan fingerprint density at radius 2 is 1.80 bits per heavy atom. The zero-order valence-electron chi connectivity index (χ0n) is 16.2. The quantitative estimate of drug-likeness (QED) is 0.528. The van der Waals surface area contributed by atoms with Gasteiger partial charge < -0.3 is 9.32 Å². The van der Waals surface area contributed by atoms with E-state index in [4.69, 9.17) is 4.42 Å². The van der Waals surface area contributed by atoms with Crippen molar-refractivity contribution in [3.8, 4) is 11.6 Å². The minimum absolute atomic E-state index is 0.0460. The minimum atomic E-state index is -3.84. The van der Waals surface area contributed by atoms with E-state index in [1.807, 2.05) is 6.07 Å². The maximum absolute atomic E-state index is 12.7. The molecule has 2 aromatic carbocycles. The minimum Gasteiger partial charge on any atom is -0.435 e. The van der Waals surface area contributed by atoms with Crippen LogP contribution in [0, 0.1) is 0 Å². The van der Waals surface area contributed by atoms with Crippen LogP contribution in [0.2, 0.25) is 0 Å². The van der Waals surface area contributed by atoms with Gasteiger partial charge in [-0.05, 0) is 48.5 Å². The van der Waals surface area contributed by atoms with E-state index in [-0.39, 0.29) is 10.8 Å². The molecular formula is C21H18N4O4S. The van der Waals surface area contributed by atoms with Crippen LogP contribution in [0.5, 0.6) is 0 Å². The fourth-order valence-electron chi connectivity index (χ4n) is 2.84. The molecule has 0 saturated heterocycles. The van der Waals surface area contributed by atoms with Crippen molar-refractivity contribution >= 4 is 32.7 Å². The Labute approximate surface area is 173 Å². The first-order valence-corrected chi connectivity index (χ1v) is 10.5. The molecule has 0 radical (unpaired) electrons. The van der Waals surface area contributed by atoms with E-state index in [9.17, 15) is 13.2 Å². The molecule has 1 N–H and O–H groups in total. The lowest BCUT2D eigenvalue weighted by atomic mass is 10.2. The van der Waals surface area contributed by atoms with Crippen molar-refractivity contribution in [3.63, 3.8) is 0 Å². The molecule has 0 saturated carbocycles. The number of rotatable bonds is 5. The third kappa shape index (κ3) is 3.87. The Kier molecular flexibility index (Phi) is 4.96. The molecule has 0 aliphatic rings. The van der Waals surface area contributed by atoms with Crippen LogP contribution in [0.1, 0.15) is 10.4 Å². The molecule has 152 valence electrons. The van der Waals surface area contributed by atoms with Crippen LogP contribution in [0.4, 0.5) is 5.69 Å². The van der Waals surface area contributed by atoms with Gasteiger partial charge in [0.2, 0.25) is 5.89 Å². The number of anilines is 1. The second-order valence-electron chi connectivity index (χ2n) is 6.75. The van der Waals surface area contributed by atoms with Gasteiger partial charge in [-0.15, -0.1) is 0 Å². The van der Waals surface area contributed by atoms with E-state index < -0.39 is 10.0 Å². The molecule has 0 bridgehead atoms. The molecule has 0 aliphatic carbocycles. The fourth-order valence-corrected chi connectivity index (χ4v) is 3.89. The SMILES string of the molecule is CN(C)C(=O)c1ccc(S(=O)(=O)Nc2ccc3nc(-c4ccccn4)oc3c2)cc1. The highest BCUT2D eigenvalue weighted by Crippen LogP contribution is 2.26. The van der Waals surface area contributed by atoms with E-state index in [1.165, 1.54) is 29.2 Å². The van der Waals surface area contributed by atoms with Crippen LogP contribution in [-0.4, -0.2) is 43.3 Å². The summed E-state index contributed by atoms with van der Waals surface area (Å²) in [4.78, 5) is 22.0.